The number of cyclic esters (lactones) is 1. The highest BCUT2D eigenvalue weighted by Crippen LogP contribution is 2.42. The van der Waals surface area contributed by atoms with Gasteiger partial charge in [0.1, 0.15) is 17.2 Å². The molecule has 76 valence electrons. The Balaban J connectivity index is 3.39. The number of nitrogens with zero attached hydrogens (tertiary/aromatic N) is 1. The smallest absolute Gasteiger partial charge is 0.349 e. The van der Waals surface area contributed by atoms with E-state index < -0.39 is 11.6 Å². The number of carbonyl (C=O) groups is 1. The molecule has 0 aromatic heterocycles. The average Bonchev–Trinajstić information content (AvgIpc) is 2.17. The van der Waals surface area contributed by atoms with Crippen LogP contribution in [0.15, 0.2) is 11.1 Å². The fourth-order valence-electron chi connectivity index (χ4n) is 2.12. The van der Waals surface area contributed by atoms with E-state index in [2.05, 4.69) is 0 Å². The topological polar surface area (TPSA) is 50.1 Å². The van der Waals surface area contributed by atoms with Crippen molar-refractivity contribution in [3.05, 3.63) is 11.1 Å². The molecule has 0 radical (unpaired) electrons. The van der Waals surface area contributed by atoms with Gasteiger partial charge in [0.2, 0.25) is 0 Å². The summed E-state index contributed by atoms with van der Waals surface area (Å²) in [5, 5.41) is 8.89. The molecule has 0 saturated heterocycles. The van der Waals surface area contributed by atoms with Gasteiger partial charge < -0.3 is 4.74 Å². The Morgan fingerprint density at radius 1 is 1.36 bits per heavy atom. The van der Waals surface area contributed by atoms with Crippen molar-refractivity contribution in [3.8, 4) is 6.07 Å². The van der Waals surface area contributed by atoms with Gasteiger partial charge in [-0.05, 0) is 19.3 Å². The summed E-state index contributed by atoms with van der Waals surface area (Å²) >= 11 is 0. The number of hydrogen-bond acceptors (Lipinski definition) is 3. The van der Waals surface area contributed by atoms with Crippen molar-refractivity contribution in [2.24, 2.45) is 5.41 Å². The molecule has 1 aliphatic rings. The maximum absolute atomic E-state index is 11.4. The minimum absolute atomic E-state index is 0.169. The van der Waals surface area contributed by atoms with Gasteiger partial charge in [0.05, 0.1) is 0 Å². The highest BCUT2D eigenvalue weighted by atomic mass is 16.6. The van der Waals surface area contributed by atoms with Crippen molar-refractivity contribution in [1.29, 1.82) is 5.26 Å². The van der Waals surface area contributed by atoms with Crippen LogP contribution in [-0.4, -0.2) is 11.6 Å². The number of hydrogen-bond donors (Lipinski definition) is 0. The SMILES string of the molecule is CC(C)(C)C1=C(C#N)C(=O)OC1(C)C. The van der Waals surface area contributed by atoms with E-state index in [-0.39, 0.29) is 11.0 Å². The van der Waals surface area contributed by atoms with Crippen molar-refractivity contribution in [2.75, 3.05) is 0 Å². The summed E-state index contributed by atoms with van der Waals surface area (Å²) < 4.78 is 5.16. The van der Waals surface area contributed by atoms with E-state index in [0.29, 0.717) is 0 Å². The third-order valence-corrected chi connectivity index (χ3v) is 2.27. The average molecular weight is 193 g/mol. The number of rotatable bonds is 0. The van der Waals surface area contributed by atoms with Crippen LogP contribution in [-0.2, 0) is 9.53 Å². The fourth-order valence-corrected chi connectivity index (χ4v) is 2.12. The second kappa shape index (κ2) is 2.84. The van der Waals surface area contributed by atoms with Gasteiger partial charge >= 0.3 is 5.97 Å². The Hall–Kier alpha value is -1.30. The lowest BCUT2D eigenvalue weighted by Crippen LogP contribution is -2.30. The Morgan fingerprint density at radius 2 is 1.86 bits per heavy atom. The van der Waals surface area contributed by atoms with Crippen LogP contribution in [0, 0.1) is 16.7 Å². The first kappa shape index (κ1) is 10.8. The molecule has 14 heavy (non-hydrogen) atoms. The number of nitriles is 1. The van der Waals surface area contributed by atoms with Crippen molar-refractivity contribution >= 4 is 5.97 Å². The first-order chi connectivity index (χ1) is 6.20. The van der Waals surface area contributed by atoms with Gasteiger partial charge in [0.15, 0.2) is 0 Å². The molecule has 0 aliphatic carbocycles. The third kappa shape index (κ3) is 1.52. The van der Waals surface area contributed by atoms with E-state index in [0.717, 1.165) is 5.57 Å². The highest BCUT2D eigenvalue weighted by Gasteiger charge is 2.45. The second-order valence-electron chi connectivity index (χ2n) is 5.01. The Kier molecular flexibility index (Phi) is 2.19. The third-order valence-electron chi connectivity index (χ3n) is 2.27. The van der Waals surface area contributed by atoms with Crippen LogP contribution in [0.4, 0.5) is 0 Å². The summed E-state index contributed by atoms with van der Waals surface area (Å²) in [6.45, 7) is 9.56. The molecule has 0 saturated carbocycles. The summed E-state index contributed by atoms with van der Waals surface area (Å²) in [5.41, 5.74) is 0.0844. The molecule has 1 aliphatic heterocycles. The summed E-state index contributed by atoms with van der Waals surface area (Å²) in [5.74, 6) is -0.498. The van der Waals surface area contributed by atoms with E-state index in [1.807, 2.05) is 40.7 Å². The molecule has 1 rings (SSSR count). The van der Waals surface area contributed by atoms with Crippen LogP contribution in [0.25, 0.3) is 0 Å². The predicted octanol–water partition coefficient (Wildman–Crippen LogP) is 2.19. The first-order valence-electron chi connectivity index (χ1n) is 4.59. The van der Waals surface area contributed by atoms with Crippen LogP contribution < -0.4 is 0 Å². The van der Waals surface area contributed by atoms with Gasteiger partial charge in [0, 0.05) is 5.57 Å². The summed E-state index contributed by atoms with van der Waals surface area (Å²) in [4.78, 5) is 11.4. The maximum Gasteiger partial charge on any atom is 0.349 e. The van der Waals surface area contributed by atoms with Crippen molar-refractivity contribution in [1.82, 2.24) is 0 Å². The summed E-state index contributed by atoms with van der Waals surface area (Å²) in [6, 6.07) is 1.93. The Bertz CT molecular complexity index is 350. The van der Waals surface area contributed by atoms with Gasteiger partial charge in [-0.25, -0.2) is 4.79 Å². The zero-order valence-corrected chi connectivity index (χ0v) is 9.26. The zero-order chi connectivity index (χ0) is 11.1. The molecule has 0 aromatic rings. The van der Waals surface area contributed by atoms with Crippen molar-refractivity contribution in [2.45, 2.75) is 40.2 Å². The van der Waals surface area contributed by atoms with Crippen LogP contribution in [0.1, 0.15) is 34.6 Å². The molecule has 1 heterocycles. The minimum Gasteiger partial charge on any atom is -0.451 e. The minimum atomic E-state index is -0.652. The second-order valence-corrected chi connectivity index (χ2v) is 5.01. The molecule has 0 atom stereocenters. The number of ether oxygens (including phenoxy) is 1. The monoisotopic (exact) mass is 193 g/mol. The van der Waals surface area contributed by atoms with E-state index in [4.69, 9.17) is 10.00 Å². The van der Waals surface area contributed by atoms with Gasteiger partial charge in [-0.2, -0.15) is 5.26 Å². The fraction of sp³-hybridized carbons (Fsp3) is 0.636. The lowest BCUT2D eigenvalue weighted by Gasteiger charge is -2.30. The van der Waals surface area contributed by atoms with Crippen LogP contribution in [0.2, 0.25) is 0 Å². The van der Waals surface area contributed by atoms with Crippen molar-refractivity contribution in [3.63, 3.8) is 0 Å². The quantitative estimate of drug-likeness (QED) is 0.554. The lowest BCUT2D eigenvalue weighted by molar-refractivity contribution is -0.144. The lowest BCUT2D eigenvalue weighted by atomic mass is 9.76. The molecule has 0 bridgehead atoms. The molecule has 0 N–H and O–H groups in total. The summed E-state index contributed by atoms with van der Waals surface area (Å²) in [6.07, 6.45) is 0. The molecule has 0 spiro atoms. The van der Waals surface area contributed by atoms with Crippen molar-refractivity contribution < 1.29 is 9.53 Å². The summed E-state index contributed by atoms with van der Waals surface area (Å²) in [7, 11) is 0. The van der Waals surface area contributed by atoms with Gasteiger partial charge in [-0.15, -0.1) is 0 Å². The van der Waals surface area contributed by atoms with Gasteiger partial charge in [0.25, 0.3) is 0 Å². The number of esters is 1. The van der Waals surface area contributed by atoms with E-state index in [9.17, 15) is 4.79 Å². The molecular formula is C11H15NO2. The van der Waals surface area contributed by atoms with Crippen LogP contribution in [0.5, 0.6) is 0 Å². The molecule has 0 aromatic carbocycles. The first-order valence-corrected chi connectivity index (χ1v) is 4.59. The largest absolute Gasteiger partial charge is 0.451 e. The van der Waals surface area contributed by atoms with Gasteiger partial charge in [-0.1, -0.05) is 20.8 Å². The van der Waals surface area contributed by atoms with E-state index >= 15 is 0 Å². The Morgan fingerprint density at radius 3 is 2.14 bits per heavy atom. The molecule has 0 unspecified atom stereocenters. The predicted molar refractivity (Wildman–Crippen MR) is 52.3 cm³/mol. The highest BCUT2D eigenvalue weighted by molar-refractivity contribution is 5.97. The van der Waals surface area contributed by atoms with Gasteiger partial charge in [-0.3, -0.25) is 0 Å². The molecule has 0 fully saturated rings. The normalized spacial score (nSPS) is 20.7. The molecule has 3 nitrogen and oxygen atoms in total. The Labute approximate surface area is 84.4 Å². The van der Waals surface area contributed by atoms with E-state index in [1.165, 1.54) is 0 Å². The van der Waals surface area contributed by atoms with Crippen LogP contribution in [0.3, 0.4) is 0 Å². The van der Waals surface area contributed by atoms with E-state index in [1.54, 1.807) is 0 Å². The number of carbonyl (C=O) groups excluding carboxylic acids is 1. The molecular weight excluding hydrogens is 178 g/mol. The standard InChI is InChI=1S/C11H15NO2/c1-10(2,3)8-7(6-12)9(13)14-11(8,4)5/h1-5H3. The zero-order valence-electron chi connectivity index (χ0n) is 9.26. The molecule has 0 amide bonds. The molecule has 3 heteroatoms. The maximum atomic E-state index is 11.4. The van der Waals surface area contributed by atoms with Crippen LogP contribution >= 0.6 is 0 Å².